The fourth-order valence-corrected chi connectivity index (χ4v) is 4.83. The molecule has 33 heavy (non-hydrogen) atoms. The van der Waals surface area contributed by atoms with Gasteiger partial charge >= 0.3 is 0 Å². The minimum absolute atomic E-state index is 0.00986. The van der Waals surface area contributed by atoms with E-state index >= 15 is 0 Å². The molecule has 172 valence electrons. The van der Waals surface area contributed by atoms with Crippen molar-refractivity contribution in [1.29, 1.82) is 0 Å². The molecule has 1 N–H and O–H groups in total. The second kappa shape index (κ2) is 9.40. The number of amides is 3. The van der Waals surface area contributed by atoms with Gasteiger partial charge < -0.3 is 10.2 Å². The first-order valence-corrected chi connectivity index (χ1v) is 11.7. The Morgan fingerprint density at radius 3 is 2.61 bits per heavy atom. The number of anilines is 2. The van der Waals surface area contributed by atoms with Gasteiger partial charge in [0.2, 0.25) is 0 Å². The van der Waals surface area contributed by atoms with Crippen molar-refractivity contribution in [2.45, 2.75) is 52.5 Å². The predicted molar refractivity (Wildman–Crippen MR) is 130 cm³/mol. The molecule has 0 aliphatic carbocycles. The van der Waals surface area contributed by atoms with Gasteiger partial charge in [-0.15, -0.1) is 0 Å². The first-order valence-electron chi connectivity index (χ1n) is 11.4. The number of likely N-dealkylation sites (tertiary alicyclic amines) is 1. The maximum absolute atomic E-state index is 13.2. The first-order chi connectivity index (χ1) is 15.8. The molecule has 0 aromatic heterocycles. The van der Waals surface area contributed by atoms with Crippen molar-refractivity contribution in [3.63, 3.8) is 0 Å². The third-order valence-electron chi connectivity index (χ3n) is 6.36. The summed E-state index contributed by atoms with van der Waals surface area (Å²) in [4.78, 5) is 42.2. The minimum atomic E-state index is -0.567. The van der Waals surface area contributed by atoms with E-state index in [4.69, 9.17) is 11.6 Å². The predicted octanol–water partition coefficient (Wildman–Crippen LogP) is 5.14. The minimum Gasteiger partial charge on any atom is -0.350 e. The van der Waals surface area contributed by atoms with E-state index in [0.29, 0.717) is 16.9 Å². The van der Waals surface area contributed by atoms with Crippen molar-refractivity contribution < 1.29 is 14.4 Å². The van der Waals surface area contributed by atoms with Crippen LogP contribution in [-0.2, 0) is 9.59 Å². The Morgan fingerprint density at radius 1 is 1.09 bits per heavy atom. The number of hydrogen-bond acceptors (Lipinski definition) is 4. The normalized spacial score (nSPS) is 18.8. The van der Waals surface area contributed by atoms with Crippen LogP contribution in [0, 0.1) is 13.8 Å². The zero-order valence-electron chi connectivity index (χ0n) is 19.2. The number of nitrogens with one attached hydrogen (secondary N) is 1. The molecule has 0 radical (unpaired) electrons. The van der Waals surface area contributed by atoms with Gasteiger partial charge in [0, 0.05) is 23.8 Å². The SMILES string of the molecule is CCC1CCCCN1C(=O)c1cccc(NC2=C(Cl)C(=O)N(c3ccc(C)cc3C)C2=O)c1. The van der Waals surface area contributed by atoms with Crippen LogP contribution in [0.15, 0.2) is 53.2 Å². The van der Waals surface area contributed by atoms with Crippen LogP contribution in [0.4, 0.5) is 11.4 Å². The van der Waals surface area contributed by atoms with Gasteiger partial charge in [0.15, 0.2) is 0 Å². The number of nitrogens with zero attached hydrogens (tertiary/aromatic N) is 2. The van der Waals surface area contributed by atoms with Crippen LogP contribution in [0.5, 0.6) is 0 Å². The lowest BCUT2D eigenvalue weighted by atomic mass is 9.99. The molecular formula is C26H28ClN3O3. The van der Waals surface area contributed by atoms with Crippen molar-refractivity contribution in [2.24, 2.45) is 0 Å². The van der Waals surface area contributed by atoms with E-state index in [1.54, 1.807) is 30.3 Å². The van der Waals surface area contributed by atoms with Gasteiger partial charge in [0.1, 0.15) is 10.7 Å². The summed E-state index contributed by atoms with van der Waals surface area (Å²) >= 11 is 6.29. The van der Waals surface area contributed by atoms with E-state index in [-0.39, 0.29) is 22.7 Å². The number of piperidine rings is 1. The molecule has 1 unspecified atom stereocenters. The molecule has 6 nitrogen and oxygen atoms in total. The summed E-state index contributed by atoms with van der Waals surface area (Å²) in [6.45, 7) is 6.65. The second-order valence-corrected chi connectivity index (χ2v) is 9.06. The maximum Gasteiger partial charge on any atom is 0.283 e. The molecule has 1 atom stereocenters. The van der Waals surface area contributed by atoms with Crippen molar-refractivity contribution in [3.05, 3.63) is 69.9 Å². The Morgan fingerprint density at radius 2 is 1.88 bits per heavy atom. The molecular weight excluding hydrogens is 438 g/mol. The van der Waals surface area contributed by atoms with Crippen LogP contribution in [-0.4, -0.2) is 35.2 Å². The van der Waals surface area contributed by atoms with E-state index in [1.807, 2.05) is 30.9 Å². The number of aryl methyl sites for hydroxylation is 2. The van der Waals surface area contributed by atoms with Crippen LogP contribution in [0.3, 0.4) is 0 Å². The number of imide groups is 1. The lowest BCUT2D eigenvalue weighted by Gasteiger charge is -2.35. The topological polar surface area (TPSA) is 69.7 Å². The van der Waals surface area contributed by atoms with Gasteiger partial charge in [-0.1, -0.05) is 42.3 Å². The molecule has 2 aromatic carbocycles. The molecule has 2 aliphatic heterocycles. The molecule has 0 spiro atoms. The van der Waals surface area contributed by atoms with Gasteiger partial charge in [-0.3, -0.25) is 14.4 Å². The Balaban J connectivity index is 1.57. The van der Waals surface area contributed by atoms with E-state index in [2.05, 4.69) is 12.2 Å². The monoisotopic (exact) mass is 465 g/mol. The molecule has 0 saturated carbocycles. The molecule has 3 amide bonds. The first kappa shape index (κ1) is 23.1. The number of halogens is 1. The Kier molecular flexibility index (Phi) is 6.56. The maximum atomic E-state index is 13.2. The summed E-state index contributed by atoms with van der Waals surface area (Å²) in [6.07, 6.45) is 4.10. The van der Waals surface area contributed by atoms with Crippen LogP contribution < -0.4 is 10.2 Å². The lowest BCUT2D eigenvalue weighted by molar-refractivity contribution is -0.120. The van der Waals surface area contributed by atoms with E-state index < -0.39 is 11.8 Å². The van der Waals surface area contributed by atoms with E-state index in [0.717, 1.165) is 48.3 Å². The molecule has 1 fully saturated rings. The highest BCUT2D eigenvalue weighted by Crippen LogP contribution is 2.32. The molecule has 2 aromatic rings. The standard InChI is InChI=1S/C26H28ClN3O3/c1-4-20-10-5-6-13-29(20)24(31)18-8-7-9-19(15-18)28-23-22(27)25(32)30(26(23)33)21-12-11-16(2)14-17(21)3/h7-9,11-12,14-15,20,28H,4-6,10,13H2,1-3H3. The number of benzene rings is 2. The lowest BCUT2D eigenvalue weighted by Crippen LogP contribution is -2.43. The molecule has 2 heterocycles. The van der Waals surface area contributed by atoms with Gasteiger partial charge in [0.05, 0.1) is 5.69 Å². The highest BCUT2D eigenvalue weighted by atomic mass is 35.5. The number of hydrogen-bond donors (Lipinski definition) is 1. The summed E-state index contributed by atoms with van der Waals surface area (Å²) in [6, 6.07) is 12.7. The zero-order valence-corrected chi connectivity index (χ0v) is 19.9. The van der Waals surface area contributed by atoms with Crippen LogP contribution in [0.25, 0.3) is 0 Å². The second-order valence-electron chi connectivity index (χ2n) is 8.69. The quantitative estimate of drug-likeness (QED) is 0.620. The van der Waals surface area contributed by atoms with E-state index in [9.17, 15) is 14.4 Å². The smallest absolute Gasteiger partial charge is 0.283 e. The molecule has 7 heteroatoms. The fourth-order valence-electron chi connectivity index (χ4n) is 4.62. The summed E-state index contributed by atoms with van der Waals surface area (Å²) in [7, 11) is 0. The summed E-state index contributed by atoms with van der Waals surface area (Å²) < 4.78 is 0. The van der Waals surface area contributed by atoms with Crippen molar-refractivity contribution >= 4 is 40.7 Å². The highest BCUT2D eigenvalue weighted by molar-refractivity contribution is 6.53. The highest BCUT2D eigenvalue weighted by Gasteiger charge is 2.39. The number of carbonyl (C=O) groups is 3. The van der Waals surface area contributed by atoms with Crippen molar-refractivity contribution in [3.8, 4) is 0 Å². The largest absolute Gasteiger partial charge is 0.350 e. The Labute approximate surface area is 199 Å². The van der Waals surface area contributed by atoms with Gasteiger partial charge in [-0.05, 0) is 69.4 Å². The summed E-state index contributed by atoms with van der Waals surface area (Å²) in [5.74, 6) is -1.10. The number of rotatable bonds is 5. The van der Waals surface area contributed by atoms with Gasteiger partial charge in [-0.2, -0.15) is 0 Å². The van der Waals surface area contributed by atoms with Gasteiger partial charge in [-0.25, -0.2) is 4.90 Å². The van der Waals surface area contributed by atoms with Crippen LogP contribution in [0.1, 0.15) is 54.1 Å². The Bertz CT molecular complexity index is 1160. The average Bonchev–Trinajstić information content (AvgIpc) is 3.02. The third-order valence-corrected chi connectivity index (χ3v) is 6.71. The molecule has 4 rings (SSSR count). The fraction of sp³-hybridized carbons (Fsp3) is 0.346. The van der Waals surface area contributed by atoms with Crippen LogP contribution in [0.2, 0.25) is 0 Å². The molecule has 1 saturated heterocycles. The summed E-state index contributed by atoms with van der Waals surface area (Å²) in [5.41, 5.74) is 3.43. The zero-order chi connectivity index (χ0) is 23.7. The average molecular weight is 466 g/mol. The van der Waals surface area contributed by atoms with E-state index in [1.165, 1.54) is 0 Å². The Hall–Kier alpha value is -3.12. The van der Waals surface area contributed by atoms with Crippen molar-refractivity contribution in [2.75, 3.05) is 16.8 Å². The summed E-state index contributed by atoms with van der Waals surface area (Å²) in [5, 5.41) is 2.82. The third kappa shape index (κ3) is 4.40. The molecule has 2 aliphatic rings. The number of carbonyl (C=O) groups excluding carboxylic acids is 3. The van der Waals surface area contributed by atoms with Crippen LogP contribution >= 0.6 is 11.6 Å². The molecule has 0 bridgehead atoms. The van der Waals surface area contributed by atoms with Crippen molar-refractivity contribution in [1.82, 2.24) is 4.90 Å². The van der Waals surface area contributed by atoms with Gasteiger partial charge in [0.25, 0.3) is 17.7 Å².